The zero-order chi connectivity index (χ0) is 14.5. The van der Waals surface area contributed by atoms with Gasteiger partial charge in [-0.3, -0.25) is 4.99 Å². The predicted octanol–water partition coefficient (Wildman–Crippen LogP) is 2.35. The first-order chi connectivity index (χ1) is 10.3. The molecular weight excluding hydrogens is 262 g/mol. The molecule has 0 amide bonds. The summed E-state index contributed by atoms with van der Waals surface area (Å²) in [5.41, 5.74) is 1.30. The Hall–Kier alpha value is -1.71. The van der Waals surface area contributed by atoms with Crippen molar-refractivity contribution in [2.24, 2.45) is 10.9 Å². The van der Waals surface area contributed by atoms with Gasteiger partial charge in [-0.2, -0.15) is 0 Å². The molecule has 114 valence electrons. The van der Waals surface area contributed by atoms with E-state index < -0.39 is 0 Å². The van der Waals surface area contributed by atoms with E-state index in [1.807, 2.05) is 19.2 Å². The first-order valence-electron chi connectivity index (χ1n) is 8.04. The van der Waals surface area contributed by atoms with Crippen LogP contribution in [0, 0.1) is 5.92 Å². The Morgan fingerprint density at radius 1 is 1.29 bits per heavy atom. The average molecular weight is 287 g/mol. The molecule has 1 saturated carbocycles. The standard InChI is InChI=1S/C17H25N3O/c1-18-17(19-10-4-5-13-8-9-13)20-12-15-11-14-6-2-3-7-16(14)21-15/h2-3,6-7,13,15H,4-5,8-12H2,1H3,(H2,18,19,20). The molecule has 1 aliphatic heterocycles. The maximum Gasteiger partial charge on any atom is 0.191 e. The third kappa shape index (κ3) is 4.13. The summed E-state index contributed by atoms with van der Waals surface area (Å²) in [6.07, 6.45) is 6.63. The minimum absolute atomic E-state index is 0.201. The molecule has 2 N–H and O–H groups in total. The van der Waals surface area contributed by atoms with E-state index in [1.165, 1.54) is 31.2 Å². The van der Waals surface area contributed by atoms with Gasteiger partial charge in [0, 0.05) is 20.0 Å². The Bertz CT molecular complexity index is 472. The van der Waals surface area contributed by atoms with Crippen LogP contribution in [-0.2, 0) is 6.42 Å². The number of hydrogen-bond acceptors (Lipinski definition) is 2. The fourth-order valence-electron chi connectivity index (χ4n) is 2.80. The minimum Gasteiger partial charge on any atom is -0.488 e. The summed E-state index contributed by atoms with van der Waals surface area (Å²) >= 11 is 0. The molecule has 4 heteroatoms. The Morgan fingerprint density at radius 3 is 2.90 bits per heavy atom. The molecule has 1 unspecified atom stereocenters. The molecule has 4 nitrogen and oxygen atoms in total. The lowest BCUT2D eigenvalue weighted by atomic mass is 10.1. The Balaban J connectivity index is 1.35. The van der Waals surface area contributed by atoms with E-state index in [-0.39, 0.29) is 6.10 Å². The lowest BCUT2D eigenvalue weighted by Crippen LogP contribution is -2.42. The number of guanidine groups is 1. The van der Waals surface area contributed by atoms with Crippen LogP contribution in [-0.4, -0.2) is 32.2 Å². The van der Waals surface area contributed by atoms with Gasteiger partial charge in [0.15, 0.2) is 5.96 Å². The van der Waals surface area contributed by atoms with E-state index in [1.54, 1.807) is 0 Å². The van der Waals surface area contributed by atoms with E-state index in [0.29, 0.717) is 0 Å². The van der Waals surface area contributed by atoms with Gasteiger partial charge in [-0.05, 0) is 30.4 Å². The number of para-hydroxylation sites is 1. The molecule has 0 spiro atoms. The summed E-state index contributed by atoms with van der Waals surface area (Å²) in [5, 5.41) is 6.74. The van der Waals surface area contributed by atoms with Gasteiger partial charge in [-0.1, -0.05) is 31.0 Å². The number of benzene rings is 1. The van der Waals surface area contributed by atoms with Gasteiger partial charge in [-0.15, -0.1) is 0 Å². The molecule has 0 radical (unpaired) electrons. The smallest absolute Gasteiger partial charge is 0.191 e. The molecule has 0 aromatic heterocycles. The van der Waals surface area contributed by atoms with Gasteiger partial charge < -0.3 is 15.4 Å². The van der Waals surface area contributed by atoms with Crippen molar-refractivity contribution < 1.29 is 4.74 Å². The highest BCUT2D eigenvalue weighted by Gasteiger charge is 2.22. The zero-order valence-corrected chi connectivity index (χ0v) is 12.8. The zero-order valence-electron chi connectivity index (χ0n) is 12.8. The van der Waals surface area contributed by atoms with Crippen molar-refractivity contribution >= 4 is 5.96 Å². The fourth-order valence-corrected chi connectivity index (χ4v) is 2.80. The molecule has 2 aliphatic rings. The van der Waals surface area contributed by atoms with Crippen molar-refractivity contribution in [1.29, 1.82) is 0 Å². The summed E-state index contributed by atoms with van der Waals surface area (Å²) in [6, 6.07) is 8.27. The van der Waals surface area contributed by atoms with Crippen molar-refractivity contribution in [2.45, 2.75) is 38.2 Å². The molecular formula is C17H25N3O. The van der Waals surface area contributed by atoms with Crippen LogP contribution in [0.5, 0.6) is 5.75 Å². The van der Waals surface area contributed by atoms with Crippen LogP contribution in [0.2, 0.25) is 0 Å². The fraction of sp³-hybridized carbons (Fsp3) is 0.588. The van der Waals surface area contributed by atoms with E-state index >= 15 is 0 Å². The predicted molar refractivity (Wildman–Crippen MR) is 85.9 cm³/mol. The number of nitrogens with zero attached hydrogens (tertiary/aromatic N) is 1. The second kappa shape index (κ2) is 6.83. The number of aliphatic imine (C=N–C) groups is 1. The second-order valence-electron chi connectivity index (χ2n) is 6.02. The van der Waals surface area contributed by atoms with Crippen molar-refractivity contribution in [3.63, 3.8) is 0 Å². The van der Waals surface area contributed by atoms with Crippen LogP contribution in [0.1, 0.15) is 31.2 Å². The van der Waals surface area contributed by atoms with Crippen molar-refractivity contribution in [3.8, 4) is 5.75 Å². The summed E-state index contributed by atoms with van der Waals surface area (Å²) < 4.78 is 5.92. The maximum atomic E-state index is 5.92. The molecule has 21 heavy (non-hydrogen) atoms. The van der Waals surface area contributed by atoms with E-state index in [4.69, 9.17) is 4.74 Å². The monoisotopic (exact) mass is 287 g/mol. The number of ether oxygens (including phenoxy) is 1. The Kier molecular flexibility index (Phi) is 4.63. The van der Waals surface area contributed by atoms with Crippen LogP contribution in [0.4, 0.5) is 0 Å². The van der Waals surface area contributed by atoms with Crippen molar-refractivity contribution in [3.05, 3.63) is 29.8 Å². The highest BCUT2D eigenvalue weighted by atomic mass is 16.5. The third-order valence-corrected chi connectivity index (χ3v) is 4.21. The second-order valence-corrected chi connectivity index (χ2v) is 6.02. The third-order valence-electron chi connectivity index (χ3n) is 4.21. The van der Waals surface area contributed by atoms with Crippen LogP contribution in [0.25, 0.3) is 0 Å². The first kappa shape index (κ1) is 14.2. The number of rotatable bonds is 6. The highest BCUT2D eigenvalue weighted by molar-refractivity contribution is 5.79. The Labute approximate surface area is 127 Å². The van der Waals surface area contributed by atoms with Gasteiger partial charge in [0.2, 0.25) is 0 Å². The van der Waals surface area contributed by atoms with Gasteiger partial charge in [0.1, 0.15) is 11.9 Å². The first-order valence-corrected chi connectivity index (χ1v) is 8.04. The van der Waals surface area contributed by atoms with Crippen molar-refractivity contribution in [1.82, 2.24) is 10.6 Å². The topological polar surface area (TPSA) is 45.7 Å². The maximum absolute atomic E-state index is 5.92. The molecule has 1 aromatic rings. The largest absolute Gasteiger partial charge is 0.488 e. The molecule has 1 fully saturated rings. The number of nitrogens with one attached hydrogen (secondary N) is 2. The molecule has 1 atom stereocenters. The molecule has 0 bridgehead atoms. The normalized spacial score (nSPS) is 20.8. The van der Waals surface area contributed by atoms with Gasteiger partial charge in [0.05, 0.1) is 6.54 Å². The lowest BCUT2D eigenvalue weighted by molar-refractivity contribution is 0.235. The molecule has 1 aliphatic carbocycles. The SMILES string of the molecule is CN=C(NCCCC1CC1)NCC1Cc2ccccc2O1. The van der Waals surface area contributed by atoms with E-state index in [9.17, 15) is 0 Å². The summed E-state index contributed by atoms with van der Waals surface area (Å²) in [7, 11) is 1.82. The van der Waals surface area contributed by atoms with E-state index in [0.717, 1.165) is 37.1 Å². The quantitative estimate of drug-likeness (QED) is 0.479. The lowest BCUT2D eigenvalue weighted by Gasteiger charge is -2.15. The molecule has 3 rings (SSSR count). The van der Waals surface area contributed by atoms with Gasteiger partial charge in [-0.25, -0.2) is 0 Å². The highest BCUT2D eigenvalue weighted by Crippen LogP contribution is 2.33. The minimum atomic E-state index is 0.201. The van der Waals surface area contributed by atoms with Crippen LogP contribution < -0.4 is 15.4 Å². The van der Waals surface area contributed by atoms with Crippen molar-refractivity contribution in [2.75, 3.05) is 20.1 Å². The van der Waals surface area contributed by atoms with Gasteiger partial charge >= 0.3 is 0 Å². The van der Waals surface area contributed by atoms with Crippen LogP contribution in [0.15, 0.2) is 29.3 Å². The molecule has 0 saturated heterocycles. The number of hydrogen-bond donors (Lipinski definition) is 2. The summed E-state index contributed by atoms with van der Waals surface area (Å²) in [5.74, 6) is 2.91. The molecule has 1 aromatic carbocycles. The Morgan fingerprint density at radius 2 is 2.14 bits per heavy atom. The summed E-state index contributed by atoms with van der Waals surface area (Å²) in [6.45, 7) is 1.79. The van der Waals surface area contributed by atoms with Crippen LogP contribution >= 0.6 is 0 Å². The van der Waals surface area contributed by atoms with Crippen LogP contribution in [0.3, 0.4) is 0 Å². The van der Waals surface area contributed by atoms with E-state index in [2.05, 4.69) is 27.8 Å². The van der Waals surface area contributed by atoms with Gasteiger partial charge in [0.25, 0.3) is 0 Å². The summed E-state index contributed by atoms with van der Waals surface area (Å²) in [4.78, 5) is 4.27. The average Bonchev–Trinajstić information content (AvgIpc) is 3.24. The number of fused-ring (bicyclic) bond motifs is 1. The molecule has 1 heterocycles.